The van der Waals surface area contributed by atoms with Crippen molar-refractivity contribution in [2.45, 2.75) is 38.3 Å². The predicted molar refractivity (Wildman–Crippen MR) is 64.2 cm³/mol. The minimum absolute atomic E-state index is 0.206. The maximum absolute atomic E-state index is 11.7. The first-order valence-corrected chi connectivity index (χ1v) is 6.38. The molecule has 0 aromatic carbocycles. The van der Waals surface area contributed by atoms with Crippen LogP contribution in [0.5, 0.6) is 0 Å². The lowest BCUT2D eigenvalue weighted by molar-refractivity contribution is -0.122. The summed E-state index contributed by atoms with van der Waals surface area (Å²) in [5, 5.41) is 6.39. The second-order valence-corrected chi connectivity index (χ2v) is 5.24. The minimum atomic E-state index is 0.206. The van der Waals surface area contributed by atoms with E-state index in [-0.39, 0.29) is 5.91 Å². The van der Waals surface area contributed by atoms with E-state index in [0.717, 1.165) is 19.5 Å². The Balaban J connectivity index is 1.71. The van der Waals surface area contributed by atoms with Crippen LogP contribution in [-0.4, -0.2) is 49.6 Å². The fourth-order valence-electron chi connectivity index (χ4n) is 2.51. The van der Waals surface area contributed by atoms with Crippen LogP contribution in [0.25, 0.3) is 0 Å². The Kier molecular flexibility index (Phi) is 3.82. The van der Waals surface area contributed by atoms with Gasteiger partial charge in [-0.05, 0) is 32.2 Å². The van der Waals surface area contributed by atoms with Crippen molar-refractivity contribution in [3.05, 3.63) is 0 Å². The maximum atomic E-state index is 11.7. The van der Waals surface area contributed by atoms with E-state index in [0.29, 0.717) is 24.5 Å². The Morgan fingerprint density at radius 1 is 1.38 bits per heavy atom. The Hall–Kier alpha value is -0.610. The molecule has 1 aliphatic carbocycles. The molecule has 2 atom stereocenters. The molecule has 1 saturated carbocycles. The monoisotopic (exact) mass is 225 g/mol. The largest absolute Gasteiger partial charge is 0.352 e. The SMILES string of the molecule is CNC1CCN(CC(=O)NC2CC2)CC1C. The van der Waals surface area contributed by atoms with Gasteiger partial charge < -0.3 is 10.6 Å². The summed E-state index contributed by atoms with van der Waals surface area (Å²) in [6, 6.07) is 1.10. The van der Waals surface area contributed by atoms with Crippen molar-refractivity contribution in [1.82, 2.24) is 15.5 Å². The third kappa shape index (κ3) is 3.19. The van der Waals surface area contributed by atoms with Gasteiger partial charge in [-0.3, -0.25) is 9.69 Å². The normalized spacial score (nSPS) is 31.4. The number of amides is 1. The van der Waals surface area contributed by atoms with E-state index in [1.54, 1.807) is 0 Å². The van der Waals surface area contributed by atoms with Crippen molar-refractivity contribution >= 4 is 5.91 Å². The average molecular weight is 225 g/mol. The number of rotatable bonds is 4. The first-order chi connectivity index (χ1) is 7.69. The van der Waals surface area contributed by atoms with Crippen molar-refractivity contribution in [3.63, 3.8) is 0 Å². The lowest BCUT2D eigenvalue weighted by Crippen LogP contribution is -2.50. The van der Waals surface area contributed by atoms with Crippen LogP contribution >= 0.6 is 0 Å². The van der Waals surface area contributed by atoms with Crippen molar-refractivity contribution in [1.29, 1.82) is 0 Å². The molecule has 0 radical (unpaired) electrons. The minimum Gasteiger partial charge on any atom is -0.352 e. The number of piperidine rings is 1. The summed E-state index contributed by atoms with van der Waals surface area (Å²) in [6.07, 6.45) is 3.49. The van der Waals surface area contributed by atoms with Crippen LogP contribution in [0, 0.1) is 5.92 Å². The quantitative estimate of drug-likeness (QED) is 0.718. The van der Waals surface area contributed by atoms with Crippen LogP contribution in [0.2, 0.25) is 0 Å². The number of hydrogen-bond acceptors (Lipinski definition) is 3. The van der Waals surface area contributed by atoms with Crippen molar-refractivity contribution in [2.24, 2.45) is 5.92 Å². The van der Waals surface area contributed by atoms with E-state index >= 15 is 0 Å². The highest BCUT2D eigenvalue weighted by atomic mass is 16.2. The molecule has 0 aromatic heterocycles. The lowest BCUT2D eigenvalue weighted by atomic mass is 9.94. The molecular formula is C12H23N3O. The van der Waals surface area contributed by atoms with Crippen molar-refractivity contribution < 1.29 is 4.79 Å². The van der Waals surface area contributed by atoms with E-state index < -0.39 is 0 Å². The first-order valence-electron chi connectivity index (χ1n) is 6.38. The van der Waals surface area contributed by atoms with Crippen LogP contribution in [-0.2, 0) is 4.79 Å². The molecule has 1 amide bonds. The average Bonchev–Trinajstić information content (AvgIpc) is 3.01. The van der Waals surface area contributed by atoms with E-state index in [2.05, 4.69) is 22.5 Å². The zero-order valence-corrected chi connectivity index (χ0v) is 10.3. The Labute approximate surface area is 97.8 Å². The highest BCUT2D eigenvalue weighted by Gasteiger charge is 2.28. The van der Waals surface area contributed by atoms with Crippen LogP contribution in [0.15, 0.2) is 0 Å². The molecule has 2 N–H and O–H groups in total. The Bertz CT molecular complexity index is 253. The second kappa shape index (κ2) is 5.15. The summed E-state index contributed by atoms with van der Waals surface area (Å²) in [7, 11) is 2.02. The molecule has 1 saturated heterocycles. The number of carbonyl (C=O) groups is 1. The Morgan fingerprint density at radius 3 is 2.69 bits per heavy atom. The molecule has 4 heteroatoms. The highest BCUT2D eigenvalue weighted by molar-refractivity contribution is 5.78. The topological polar surface area (TPSA) is 44.4 Å². The predicted octanol–water partition coefficient (Wildman–Crippen LogP) is 0.195. The van der Waals surface area contributed by atoms with E-state index in [4.69, 9.17) is 0 Å². The standard InChI is InChI=1S/C12H23N3O/c1-9-7-15(6-5-11(9)13-2)8-12(16)14-10-3-4-10/h9-11,13H,3-8H2,1-2H3,(H,14,16). The summed E-state index contributed by atoms with van der Waals surface area (Å²) in [5.41, 5.74) is 0. The molecule has 2 fully saturated rings. The molecule has 0 spiro atoms. The van der Waals surface area contributed by atoms with Gasteiger partial charge in [0.1, 0.15) is 0 Å². The van der Waals surface area contributed by atoms with Crippen LogP contribution in [0.4, 0.5) is 0 Å². The molecule has 16 heavy (non-hydrogen) atoms. The van der Waals surface area contributed by atoms with Crippen LogP contribution in [0.3, 0.4) is 0 Å². The highest BCUT2D eigenvalue weighted by Crippen LogP contribution is 2.19. The van der Waals surface area contributed by atoms with Gasteiger partial charge in [-0.2, -0.15) is 0 Å². The molecule has 2 rings (SSSR count). The molecule has 2 aliphatic rings. The number of nitrogens with zero attached hydrogens (tertiary/aromatic N) is 1. The van der Waals surface area contributed by atoms with Gasteiger partial charge in [0.15, 0.2) is 0 Å². The van der Waals surface area contributed by atoms with Gasteiger partial charge >= 0.3 is 0 Å². The second-order valence-electron chi connectivity index (χ2n) is 5.24. The number of hydrogen-bond donors (Lipinski definition) is 2. The third-order valence-electron chi connectivity index (χ3n) is 3.67. The summed E-state index contributed by atoms with van der Waals surface area (Å²) < 4.78 is 0. The number of nitrogens with one attached hydrogen (secondary N) is 2. The molecule has 0 bridgehead atoms. The number of likely N-dealkylation sites (tertiary alicyclic amines) is 1. The van der Waals surface area contributed by atoms with Gasteiger partial charge in [0.05, 0.1) is 6.54 Å². The van der Waals surface area contributed by atoms with Crippen LogP contribution in [0.1, 0.15) is 26.2 Å². The summed E-state index contributed by atoms with van der Waals surface area (Å²) >= 11 is 0. The van der Waals surface area contributed by atoms with Crippen molar-refractivity contribution in [3.8, 4) is 0 Å². The van der Waals surface area contributed by atoms with Crippen LogP contribution < -0.4 is 10.6 Å². The fraction of sp³-hybridized carbons (Fsp3) is 0.917. The maximum Gasteiger partial charge on any atom is 0.234 e. The lowest BCUT2D eigenvalue weighted by Gasteiger charge is -2.36. The van der Waals surface area contributed by atoms with Gasteiger partial charge in [-0.25, -0.2) is 0 Å². The van der Waals surface area contributed by atoms with Gasteiger partial charge in [0, 0.05) is 25.2 Å². The van der Waals surface area contributed by atoms with E-state index in [1.165, 1.54) is 12.8 Å². The summed E-state index contributed by atoms with van der Waals surface area (Å²) in [4.78, 5) is 13.9. The number of carbonyl (C=O) groups excluding carboxylic acids is 1. The van der Waals surface area contributed by atoms with Gasteiger partial charge in [-0.15, -0.1) is 0 Å². The molecule has 1 heterocycles. The third-order valence-corrected chi connectivity index (χ3v) is 3.67. The van der Waals surface area contributed by atoms with Crippen molar-refractivity contribution in [2.75, 3.05) is 26.7 Å². The van der Waals surface area contributed by atoms with Gasteiger partial charge in [0.25, 0.3) is 0 Å². The molecule has 2 unspecified atom stereocenters. The molecular weight excluding hydrogens is 202 g/mol. The zero-order valence-electron chi connectivity index (χ0n) is 10.3. The van der Waals surface area contributed by atoms with E-state index in [9.17, 15) is 4.79 Å². The Morgan fingerprint density at radius 2 is 2.12 bits per heavy atom. The smallest absolute Gasteiger partial charge is 0.234 e. The first kappa shape index (κ1) is 11.9. The summed E-state index contributed by atoms with van der Waals surface area (Å²) in [6.45, 7) is 4.90. The fourth-order valence-corrected chi connectivity index (χ4v) is 2.51. The van der Waals surface area contributed by atoms with Gasteiger partial charge in [0.2, 0.25) is 5.91 Å². The molecule has 1 aliphatic heterocycles. The summed E-state index contributed by atoms with van der Waals surface area (Å²) in [5.74, 6) is 0.838. The van der Waals surface area contributed by atoms with Gasteiger partial charge in [-0.1, -0.05) is 6.92 Å². The molecule has 4 nitrogen and oxygen atoms in total. The zero-order chi connectivity index (χ0) is 11.5. The molecule has 0 aromatic rings. The molecule has 92 valence electrons. The van der Waals surface area contributed by atoms with E-state index in [1.807, 2.05) is 7.05 Å².